The van der Waals surface area contributed by atoms with Gasteiger partial charge in [-0.2, -0.15) is 0 Å². The third kappa shape index (κ3) is 4.32. The Morgan fingerprint density at radius 1 is 1.24 bits per heavy atom. The van der Waals surface area contributed by atoms with E-state index in [1.165, 1.54) is 18.2 Å². The van der Waals surface area contributed by atoms with E-state index in [-0.39, 0.29) is 11.7 Å². The number of nitrogens with zero attached hydrogens (tertiary/aromatic N) is 4. The van der Waals surface area contributed by atoms with E-state index in [9.17, 15) is 4.79 Å². The van der Waals surface area contributed by atoms with E-state index in [1.54, 1.807) is 12.5 Å². The van der Waals surface area contributed by atoms with E-state index in [4.69, 9.17) is 8.83 Å². The Morgan fingerprint density at radius 2 is 2.14 bits per heavy atom. The molecule has 0 aliphatic heterocycles. The summed E-state index contributed by atoms with van der Waals surface area (Å²) in [4.78, 5) is 14.9. The SMILES string of the molecule is Cc1occc1-c1nnc(SCC(=O)N(Cc2ccco2)C2=CCCCC2)n1C. The van der Waals surface area contributed by atoms with Crippen LogP contribution in [0.5, 0.6) is 0 Å². The molecule has 29 heavy (non-hydrogen) atoms. The smallest absolute Gasteiger partial charge is 0.237 e. The van der Waals surface area contributed by atoms with E-state index in [0.717, 1.165) is 47.9 Å². The number of thioether (sulfide) groups is 1. The third-order valence-electron chi connectivity index (χ3n) is 5.07. The van der Waals surface area contributed by atoms with Crippen LogP contribution in [0.4, 0.5) is 0 Å². The van der Waals surface area contributed by atoms with E-state index < -0.39 is 0 Å². The Bertz CT molecular complexity index is 1000. The van der Waals surface area contributed by atoms with Gasteiger partial charge in [0.15, 0.2) is 11.0 Å². The maximum atomic E-state index is 13.1. The standard InChI is InChI=1S/C21H24N4O3S/c1-15-18(10-12-27-15)20-22-23-21(24(20)2)29-14-19(26)25(13-17-9-6-11-28-17)16-7-4-3-5-8-16/h6-7,9-12H,3-5,8,13-14H2,1-2H3. The van der Waals surface area contributed by atoms with Gasteiger partial charge in [-0.15, -0.1) is 10.2 Å². The molecule has 1 aliphatic rings. The lowest BCUT2D eigenvalue weighted by atomic mass is 10.0. The van der Waals surface area contributed by atoms with Crippen LogP contribution in [-0.2, 0) is 18.4 Å². The molecule has 3 heterocycles. The second-order valence-corrected chi connectivity index (χ2v) is 7.99. The molecule has 7 nitrogen and oxygen atoms in total. The van der Waals surface area contributed by atoms with Crippen LogP contribution in [0.3, 0.4) is 0 Å². The van der Waals surface area contributed by atoms with Gasteiger partial charge < -0.3 is 18.3 Å². The number of aryl methyl sites for hydroxylation is 1. The molecule has 3 aromatic heterocycles. The zero-order valence-electron chi connectivity index (χ0n) is 16.6. The lowest BCUT2D eigenvalue weighted by Crippen LogP contribution is -2.32. The highest BCUT2D eigenvalue weighted by Crippen LogP contribution is 2.28. The van der Waals surface area contributed by atoms with Crippen molar-refractivity contribution in [2.24, 2.45) is 7.05 Å². The van der Waals surface area contributed by atoms with Crippen molar-refractivity contribution < 1.29 is 13.6 Å². The Labute approximate surface area is 173 Å². The fraction of sp³-hybridized carbons (Fsp3) is 0.381. The minimum absolute atomic E-state index is 0.0450. The van der Waals surface area contributed by atoms with Crippen LogP contribution in [0.15, 0.2) is 56.5 Å². The van der Waals surface area contributed by atoms with Crippen LogP contribution in [-0.4, -0.2) is 31.3 Å². The topological polar surface area (TPSA) is 77.3 Å². The normalized spacial score (nSPS) is 14.1. The molecule has 8 heteroatoms. The highest BCUT2D eigenvalue weighted by atomic mass is 32.2. The lowest BCUT2D eigenvalue weighted by molar-refractivity contribution is -0.127. The molecule has 1 aliphatic carbocycles. The molecule has 0 unspecified atom stereocenters. The van der Waals surface area contributed by atoms with Crippen molar-refractivity contribution in [1.29, 1.82) is 0 Å². The molecule has 0 radical (unpaired) electrons. The number of carbonyl (C=O) groups excluding carboxylic acids is 1. The average molecular weight is 413 g/mol. The number of furan rings is 2. The van der Waals surface area contributed by atoms with E-state index in [2.05, 4.69) is 16.3 Å². The maximum absolute atomic E-state index is 13.1. The second-order valence-electron chi connectivity index (χ2n) is 7.04. The number of carbonyl (C=O) groups is 1. The summed E-state index contributed by atoms with van der Waals surface area (Å²) in [6.07, 6.45) is 9.68. The van der Waals surface area contributed by atoms with Gasteiger partial charge in [-0.25, -0.2) is 0 Å². The predicted octanol–water partition coefficient (Wildman–Crippen LogP) is 4.56. The van der Waals surface area contributed by atoms with Crippen molar-refractivity contribution in [3.8, 4) is 11.4 Å². The van der Waals surface area contributed by atoms with Crippen molar-refractivity contribution in [3.63, 3.8) is 0 Å². The van der Waals surface area contributed by atoms with Crippen molar-refractivity contribution >= 4 is 17.7 Å². The zero-order chi connectivity index (χ0) is 20.2. The highest BCUT2D eigenvalue weighted by Gasteiger charge is 2.22. The molecule has 0 bridgehead atoms. The van der Waals surface area contributed by atoms with Gasteiger partial charge in [-0.1, -0.05) is 17.8 Å². The first-order valence-electron chi connectivity index (χ1n) is 9.72. The quantitative estimate of drug-likeness (QED) is 0.530. The number of aromatic nitrogens is 3. The van der Waals surface area contributed by atoms with Crippen LogP contribution < -0.4 is 0 Å². The first-order valence-corrected chi connectivity index (χ1v) is 10.7. The van der Waals surface area contributed by atoms with Gasteiger partial charge in [0, 0.05) is 12.7 Å². The Balaban J connectivity index is 1.47. The summed E-state index contributed by atoms with van der Waals surface area (Å²) in [5.41, 5.74) is 2.00. The van der Waals surface area contributed by atoms with Crippen molar-refractivity contribution in [2.75, 3.05) is 5.75 Å². The fourth-order valence-corrected chi connectivity index (χ4v) is 4.26. The average Bonchev–Trinajstić information content (AvgIpc) is 3.47. The zero-order valence-corrected chi connectivity index (χ0v) is 17.4. The largest absolute Gasteiger partial charge is 0.469 e. The third-order valence-corrected chi connectivity index (χ3v) is 6.07. The summed E-state index contributed by atoms with van der Waals surface area (Å²) in [7, 11) is 1.90. The van der Waals surface area contributed by atoms with Gasteiger partial charge in [0.1, 0.15) is 11.5 Å². The maximum Gasteiger partial charge on any atom is 0.237 e. The fourth-order valence-electron chi connectivity index (χ4n) is 3.47. The highest BCUT2D eigenvalue weighted by molar-refractivity contribution is 7.99. The molecule has 0 saturated carbocycles. The molecular weight excluding hydrogens is 388 g/mol. The van der Waals surface area contributed by atoms with Gasteiger partial charge in [-0.3, -0.25) is 4.79 Å². The summed E-state index contributed by atoms with van der Waals surface area (Å²) >= 11 is 1.39. The number of amides is 1. The molecule has 0 spiro atoms. The Kier molecular flexibility index (Phi) is 5.89. The molecular formula is C21H24N4O3S. The van der Waals surface area contributed by atoms with E-state index in [1.807, 2.05) is 41.6 Å². The number of hydrogen-bond donors (Lipinski definition) is 0. The molecule has 0 saturated heterocycles. The minimum atomic E-state index is 0.0450. The van der Waals surface area contributed by atoms with Crippen LogP contribution >= 0.6 is 11.8 Å². The summed E-state index contributed by atoms with van der Waals surface area (Å²) in [5, 5.41) is 9.23. The second kappa shape index (κ2) is 8.73. The van der Waals surface area contributed by atoms with Crippen LogP contribution in [0, 0.1) is 6.92 Å². The van der Waals surface area contributed by atoms with Crippen LogP contribution in [0.25, 0.3) is 11.4 Å². The molecule has 0 N–H and O–H groups in total. The van der Waals surface area contributed by atoms with Gasteiger partial charge in [0.2, 0.25) is 5.91 Å². The van der Waals surface area contributed by atoms with Gasteiger partial charge in [-0.05, 0) is 50.8 Å². The van der Waals surface area contributed by atoms with Crippen LogP contribution in [0.2, 0.25) is 0 Å². The number of hydrogen-bond acceptors (Lipinski definition) is 6. The molecule has 0 aromatic carbocycles. The first-order chi connectivity index (χ1) is 14.1. The monoisotopic (exact) mass is 412 g/mol. The van der Waals surface area contributed by atoms with Crippen molar-refractivity contribution in [3.05, 3.63) is 54.0 Å². The summed E-state index contributed by atoms with van der Waals surface area (Å²) in [5.74, 6) is 2.64. The molecule has 152 valence electrons. The summed E-state index contributed by atoms with van der Waals surface area (Å²) in [6, 6.07) is 5.62. The van der Waals surface area contributed by atoms with E-state index in [0.29, 0.717) is 11.7 Å². The Morgan fingerprint density at radius 3 is 2.83 bits per heavy atom. The van der Waals surface area contributed by atoms with Gasteiger partial charge >= 0.3 is 0 Å². The van der Waals surface area contributed by atoms with Crippen LogP contribution in [0.1, 0.15) is 37.2 Å². The summed E-state index contributed by atoms with van der Waals surface area (Å²) < 4.78 is 12.7. The number of allylic oxidation sites excluding steroid dienone is 2. The first kappa shape index (κ1) is 19.6. The predicted molar refractivity (Wildman–Crippen MR) is 110 cm³/mol. The lowest BCUT2D eigenvalue weighted by Gasteiger charge is -2.27. The molecule has 3 aromatic rings. The Hall–Kier alpha value is -2.74. The number of rotatable bonds is 7. The summed E-state index contributed by atoms with van der Waals surface area (Å²) in [6.45, 7) is 2.35. The van der Waals surface area contributed by atoms with Gasteiger partial charge in [0.25, 0.3) is 0 Å². The van der Waals surface area contributed by atoms with Crippen molar-refractivity contribution in [1.82, 2.24) is 19.7 Å². The van der Waals surface area contributed by atoms with Gasteiger partial charge in [0.05, 0.1) is 30.4 Å². The molecule has 1 amide bonds. The molecule has 4 rings (SSSR count). The van der Waals surface area contributed by atoms with Crippen molar-refractivity contribution in [2.45, 2.75) is 44.3 Å². The van der Waals surface area contributed by atoms with E-state index >= 15 is 0 Å². The molecule has 0 fully saturated rings. The molecule has 0 atom stereocenters. The minimum Gasteiger partial charge on any atom is -0.469 e.